The first-order valence-electron chi connectivity index (χ1n) is 5.40. The van der Waals surface area contributed by atoms with Crippen molar-refractivity contribution in [2.75, 3.05) is 0 Å². The van der Waals surface area contributed by atoms with E-state index >= 15 is 0 Å². The Labute approximate surface area is 95.4 Å². The molecule has 4 nitrogen and oxygen atoms in total. The summed E-state index contributed by atoms with van der Waals surface area (Å²) in [4.78, 5) is 1.18. The lowest BCUT2D eigenvalue weighted by molar-refractivity contribution is 0.385. The molecule has 2 unspecified atom stereocenters. The highest BCUT2D eigenvalue weighted by Crippen LogP contribution is 2.31. The maximum Gasteiger partial charge on any atom is 0.0829 e. The monoisotopic (exact) mass is 228 g/mol. The zero-order valence-corrected chi connectivity index (χ0v) is 10.6. The first kappa shape index (κ1) is 12.5. The summed E-state index contributed by atoms with van der Waals surface area (Å²) >= 11 is 1.45. The van der Waals surface area contributed by atoms with E-state index in [1.54, 1.807) is 0 Å². The summed E-state index contributed by atoms with van der Waals surface area (Å²) in [6.45, 7) is 8.61. The lowest BCUT2D eigenvalue weighted by atomic mass is 9.95. The Balaban J connectivity index is 2.96. The van der Waals surface area contributed by atoms with Gasteiger partial charge >= 0.3 is 0 Å². The van der Waals surface area contributed by atoms with Crippen molar-refractivity contribution in [2.24, 2.45) is 11.8 Å². The van der Waals surface area contributed by atoms with Gasteiger partial charge in [0.05, 0.1) is 16.6 Å². The zero-order chi connectivity index (χ0) is 11.4. The highest BCUT2D eigenvalue weighted by Gasteiger charge is 2.23. The van der Waals surface area contributed by atoms with Crippen LogP contribution in [0, 0.1) is 5.92 Å². The van der Waals surface area contributed by atoms with Crippen molar-refractivity contribution >= 4 is 11.5 Å². The second-order valence-corrected chi connectivity index (χ2v) is 4.99. The van der Waals surface area contributed by atoms with Gasteiger partial charge in [0.2, 0.25) is 0 Å². The molecule has 0 amide bonds. The Morgan fingerprint density at radius 3 is 2.53 bits per heavy atom. The van der Waals surface area contributed by atoms with Gasteiger partial charge in [-0.3, -0.25) is 11.3 Å². The Morgan fingerprint density at radius 1 is 1.40 bits per heavy atom. The number of nitrogens with zero attached hydrogens (tertiary/aromatic N) is 2. The van der Waals surface area contributed by atoms with E-state index in [1.807, 2.05) is 0 Å². The lowest BCUT2D eigenvalue weighted by Gasteiger charge is -2.21. The summed E-state index contributed by atoms with van der Waals surface area (Å²) in [5.41, 5.74) is 3.95. The molecule has 0 aliphatic heterocycles. The molecule has 0 fully saturated rings. The highest BCUT2D eigenvalue weighted by atomic mass is 32.1. The largest absolute Gasteiger partial charge is 0.271 e. The van der Waals surface area contributed by atoms with Crippen molar-refractivity contribution < 1.29 is 0 Å². The van der Waals surface area contributed by atoms with Crippen molar-refractivity contribution in [1.82, 2.24) is 15.0 Å². The third kappa shape index (κ3) is 2.74. The molecule has 0 aromatic carbocycles. The Kier molecular flexibility index (Phi) is 4.63. The van der Waals surface area contributed by atoms with Crippen LogP contribution in [0.15, 0.2) is 0 Å². The van der Waals surface area contributed by atoms with Gasteiger partial charge in [0.25, 0.3) is 0 Å². The van der Waals surface area contributed by atoms with Gasteiger partial charge in [-0.2, -0.15) is 0 Å². The van der Waals surface area contributed by atoms with Crippen LogP contribution in [0.1, 0.15) is 56.6 Å². The van der Waals surface area contributed by atoms with Crippen LogP contribution in [-0.2, 0) is 0 Å². The summed E-state index contributed by atoms with van der Waals surface area (Å²) in [5, 5.41) is 4.17. The summed E-state index contributed by atoms with van der Waals surface area (Å²) < 4.78 is 4.03. The van der Waals surface area contributed by atoms with Gasteiger partial charge in [0, 0.05) is 0 Å². The number of nitrogens with two attached hydrogens (primary N) is 1. The molecular formula is C10H20N4S. The fourth-order valence-corrected chi connectivity index (χ4v) is 2.56. The fourth-order valence-electron chi connectivity index (χ4n) is 1.55. The van der Waals surface area contributed by atoms with Gasteiger partial charge in [0.1, 0.15) is 0 Å². The minimum atomic E-state index is 0.174. The van der Waals surface area contributed by atoms with Crippen LogP contribution in [0.2, 0.25) is 0 Å². The van der Waals surface area contributed by atoms with E-state index in [-0.39, 0.29) is 6.04 Å². The number of nitrogens with one attached hydrogen (secondary N) is 1. The molecule has 15 heavy (non-hydrogen) atoms. The minimum absolute atomic E-state index is 0.174. The van der Waals surface area contributed by atoms with Crippen LogP contribution in [0.25, 0.3) is 0 Å². The van der Waals surface area contributed by atoms with Crippen molar-refractivity contribution in [3.05, 3.63) is 10.6 Å². The zero-order valence-electron chi connectivity index (χ0n) is 9.82. The van der Waals surface area contributed by atoms with Gasteiger partial charge in [-0.25, -0.2) is 0 Å². The van der Waals surface area contributed by atoms with Gasteiger partial charge in [-0.05, 0) is 23.4 Å². The number of hydrogen-bond acceptors (Lipinski definition) is 5. The fraction of sp³-hybridized carbons (Fsp3) is 0.800. The first-order chi connectivity index (χ1) is 7.11. The molecule has 0 saturated heterocycles. The molecule has 1 rings (SSSR count). The van der Waals surface area contributed by atoms with Crippen LogP contribution >= 0.6 is 11.5 Å². The normalized spacial score (nSPS) is 15.6. The van der Waals surface area contributed by atoms with Crippen molar-refractivity contribution in [3.63, 3.8) is 0 Å². The van der Waals surface area contributed by atoms with E-state index in [0.29, 0.717) is 11.8 Å². The maximum atomic E-state index is 5.61. The molecule has 1 heterocycles. The van der Waals surface area contributed by atoms with Crippen LogP contribution in [0.3, 0.4) is 0 Å². The summed E-state index contributed by atoms with van der Waals surface area (Å²) in [6.07, 6.45) is 1.09. The molecule has 0 saturated carbocycles. The molecule has 1 aromatic rings. The average molecular weight is 228 g/mol. The number of aromatic nitrogens is 2. The Hall–Kier alpha value is -0.520. The molecule has 0 radical (unpaired) electrons. The van der Waals surface area contributed by atoms with Crippen molar-refractivity contribution in [2.45, 2.75) is 46.1 Å². The lowest BCUT2D eigenvalue weighted by Crippen LogP contribution is -2.32. The average Bonchev–Trinajstić information content (AvgIpc) is 2.67. The second-order valence-electron chi connectivity index (χ2n) is 4.21. The maximum absolute atomic E-state index is 5.61. The van der Waals surface area contributed by atoms with Crippen LogP contribution < -0.4 is 11.3 Å². The molecule has 2 atom stereocenters. The number of rotatable bonds is 5. The molecule has 5 heteroatoms. The first-order valence-corrected chi connectivity index (χ1v) is 6.17. The Bertz CT molecular complexity index is 297. The van der Waals surface area contributed by atoms with Gasteiger partial charge in [-0.1, -0.05) is 38.6 Å². The van der Waals surface area contributed by atoms with E-state index in [0.717, 1.165) is 12.1 Å². The topological polar surface area (TPSA) is 63.8 Å². The van der Waals surface area contributed by atoms with Gasteiger partial charge in [0.15, 0.2) is 0 Å². The van der Waals surface area contributed by atoms with Gasteiger partial charge < -0.3 is 0 Å². The van der Waals surface area contributed by atoms with E-state index in [4.69, 9.17) is 5.84 Å². The second kappa shape index (κ2) is 5.53. The summed E-state index contributed by atoms with van der Waals surface area (Å²) in [5.74, 6) is 6.51. The molecule has 0 aliphatic rings. The molecule has 0 bridgehead atoms. The van der Waals surface area contributed by atoms with E-state index in [9.17, 15) is 0 Å². The quantitative estimate of drug-likeness (QED) is 0.599. The van der Waals surface area contributed by atoms with Gasteiger partial charge in [-0.15, -0.1) is 5.10 Å². The predicted octanol–water partition coefficient (Wildman–Crippen LogP) is 2.21. The molecular weight excluding hydrogens is 208 g/mol. The smallest absolute Gasteiger partial charge is 0.0829 e. The summed E-state index contributed by atoms with van der Waals surface area (Å²) in [7, 11) is 0. The number of hydrazine groups is 1. The van der Waals surface area contributed by atoms with E-state index in [2.05, 4.69) is 42.7 Å². The molecule has 0 aliphatic carbocycles. The molecule has 1 aromatic heterocycles. The highest BCUT2D eigenvalue weighted by molar-refractivity contribution is 7.05. The van der Waals surface area contributed by atoms with Crippen molar-refractivity contribution in [3.8, 4) is 0 Å². The van der Waals surface area contributed by atoms with Crippen LogP contribution in [-0.4, -0.2) is 9.59 Å². The molecule has 86 valence electrons. The Morgan fingerprint density at radius 2 is 2.07 bits per heavy atom. The number of hydrogen-bond donors (Lipinski definition) is 2. The van der Waals surface area contributed by atoms with Crippen LogP contribution in [0.4, 0.5) is 0 Å². The third-order valence-electron chi connectivity index (χ3n) is 2.76. The predicted molar refractivity (Wildman–Crippen MR) is 63.5 cm³/mol. The summed E-state index contributed by atoms with van der Waals surface area (Å²) in [6, 6.07) is 0.174. The van der Waals surface area contributed by atoms with Crippen LogP contribution in [0.5, 0.6) is 0 Å². The van der Waals surface area contributed by atoms with Crippen molar-refractivity contribution in [1.29, 1.82) is 0 Å². The SMILES string of the molecule is CCC(C)C(NN)c1snnc1C(C)C. The molecule has 3 N–H and O–H groups in total. The standard InChI is InChI=1S/C10H20N4S/c1-5-7(4)9(12-11)10-8(6(2)3)13-14-15-10/h6-7,9,12H,5,11H2,1-4H3. The van der Waals surface area contributed by atoms with E-state index < -0.39 is 0 Å². The van der Waals surface area contributed by atoms with E-state index in [1.165, 1.54) is 16.4 Å². The molecule has 0 spiro atoms. The third-order valence-corrected chi connectivity index (χ3v) is 3.59. The minimum Gasteiger partial charge on any atom is -0.271 e.